The van der Waals surface area contributed by atoms with Crippen LogP contribution >= 0.6 is 22.9 Å². The van der Waals surface area contributed by atoms with E-state index in [0.29, 0.717) is 23.8 Å². The number of hydrogen-bond acceptors (Lipinski definition) is 5. The van der Waals surface area contributed by atoms with Crippen molar-refractivity contribution in [2.45, 2.75) is 17.9 Å². The normalized spacial score (nSPS) is 14.2. The van der Waals surface area contributed by atoms with Gasteiger partial charge in [0.15, 0.2) is 0 Å². The largest absolute Gasteiger partial charge is 0.492 e. The zero-order valence-electron chi connectivity index (χ0n) is 11.2. The number of halogens is 1. The van der Waals surface area contributed by atoms with Crippen LogP contribution in [0.4, 0.5) is 0 Å². The summed E-state index contributed by atoms with van der Waals surface area (Å²) in [6, 6.07) is 3.20. The number of hydrogen-bond donors (Lipinski definition) is 0. The van der Waals surface area contributed by atoms with Crippen LogP contribution in [0.2, 0.25) is 5.02 Å². The van der Waals surface area contributed by atoms with Crippen molar-refractivity contribution in [2.24, 2.45) is 0 Å². The molecule has 2 aromatic rings. The van der Waals surface area contributed by atoms with Crippen molar-refractivity contribution >= 4 is 33.0 Å². The molecule has 8 heteroatoms. The Kier molecular flexibility index (Phi) is 3.92. The minimum atomic E-state index is -3.67. The number of ether oxygens (including phenoxy) is 1. The number of thiazole rings is 1. The third-order valence-electron chi connectivity index (χ3n) is 3.24. The fraction of sp³-hybridized carbons (Fsp3) is 0.308. The van der Waals surface area contributed by atoms with E-state index in [9.17, 15) is 8.42 Å². The van der Waals surface area contributed by atoms with Gasteiger partial charge in [-0.15, -0.1) is 11.3 Å². The van der Waals surface area contributed by atoms with E-state index in [0.717, 1.165) is 10.6 Å². The lowest BCUT2D eigenvalue weighted by Gasteiger charge is -2.18. The van der Waals surface area contributed by atoms with E-state index in [4.69, 9.17) is 16.3 Å². The predicted molar refractivity (Wildman–Crippen MR) is 81.4 cm³/mol. The molecule has 0 radical (unpaired) electrons. The van der Waals surface area contributed by atoms with E-state index in [2.05, 4.69) is 4.98 Å². The zero-order chi connectivity index (χ0) is 15.0. The molecule has 0 spiro atoms. The van der Waals surface area contributed by atoms with Crippen LogP contribution in [0.3, 0.4) is 0 Å². The third kappa shape index (κ3) is 2.78. The summed E-state index contributed by atoms with van der Waals surface area (Å²) in [6.07, 6.45) is 2.33. The van der Waals surface area contributed by atoms with Crippen molar-refractivity contribution < 1.29 is 13.2 Å². The molecular formula is C13H13ClN2O3S2. The molecular weight excluding hydrogens is 332 g/mol. The highest BCUT2D eigenvalue weighted by molar-refractivity contribution is 7.89. The zero-order valence-corrected chi connectivity index (χ0v) is 13.6. The summed E-state index contributed by atoms with van der Waals surface area (Å²) in [5.41, 5.74) is 0.837. The molecule has 0 amide bonds. The summed E-state index contributed by atoms with van der Waals surface area (Å²) in [4.78, 5) is 4.23. The molecule has 0 N–H and O–H groups in total. The highest BCUT2D eigenvalue weighted by Crippen LogP contribution is 2.37. The van der Waals surface area contributed by atoms with Crippen LogP contribution in [0.15, 0.2) is 28.6 Å². The van der Waals surface area contributed by atoms with Gasteiger partial charge >= 0.3 is 0 Å². The molecule has 0 atom stereocenters. The summed E-state index contributed by atoms with van der Waals surface area (Å²) in [5, 5.41) is 2.96. The molecule has 3 rings (SSSR count). The standard InChI is InChI=1S/C13H13ClN2O3S2/c1-16(8-12-15-3-5-20-12)21(17,18)11-7-10(14)6-9-2-4-19-13(9)11/h3,5-7H,2,4,8H2,1H3. The summed E-state index contributed by atoms with van der Waals surface area (Å²) < 4.78 is 32.2. The molecule has 2 heterocycles. The molecule has 0 unspecified atom stereocenters. The van der Waals surface area contributed by atoms with Gasteiger partial charge in [-0.25, -0.2) is 13.4 Å². The lowest BCUT2D eigenvalue weighted by molar-refractivity contribution is 0.347. The van der Waals surface area contributed by atoms with E-state index in [1.165, 1.54) is 28.8 Å². The Morgan fingerprint density at radius 1 is 1.48 bits per heavy atom. The number of sulfonamides is 1. The number of rotatable bonds is 4. The average Bonchev–Trinajstić information content (AvgIpc) is 3.08. The van der Waals surface area contributed by atoms with Gasteiger partial charge in [-0.1, -0.05) is 11.6 Å². The van der Waals surface area contributed by atoms with E-state index in [1.807, 2.05) is 5.38 Å². The van der Waals surface area contributed by atoms with E-state index < -0.39 is 10.0 Å². The van der Waals surface area contributed by atoms with Crippen LogP contribution in [0.1, 0.15) is 10.6 Å². The Morgan fingerprint density at radius 3 is 3.00 bits per heavy atom. The Balaban J connectivity index is 1.99. The highest BCUT2D eigenvalue weighted by atomic mass is 35.5. The monoisotopic (exact) mass is 344 g/mol. The van der Waals surface area contributed by atoms with Gasteiger partial charge in [-0.2, -0.15) is 4.31 Å². The fourth-order valence-electron chi connectivity index (χ4n) is 2.20. The van der Waals surface area contributed by atoms with Crippen molar-refractivity contribution in [1.29, 1.82) is 0 Å². The van der Waals surface area contributed by atoms with Crippen LogP contribution in [-0.2, 0) is 23.0 Å². The predicted octanol–water partition coefficient (Wildman–Crippen LogP) is 2.55. The van der Waals surface area contributed by atoms with Gasteiger partial charge in [-0.05, 0) is 12.1 Å². The van der Waals surface area contributed by atoms with Crippen LogP contribution < -0.4 is 4.74 Å². The SMILES string of the molecule is CN(Cc1nccs1)S(=O)(=O)c1cc(Cl)cc2c1OCC2. The first-order valence-corrected chi connectivity index (χ1v) is 8.98. The molecule has 0 bridgehead atoms. The average molecular weight is 345 g/mol. The molecule has 0 aliphatic carbocycles. The molecule has 1 aromatic carbocycles. The lowest BCUT2D eigenvalue weighted by atomic mass is 10.2. The van der Waals surface area contributed by atoms with Crippen molar-refractivity contribution in [2.75, 3.05) is 13.7 Å². The van der Waals surface area contributed by atoms with Crippen molar-refractivity contribution in [3.8, 4) is 5.75 Å². The smallest absolute Gasteiger partial charge is 0.246 e. The van der Waals surface area contributed by atoms with Gasteiger partial charge in [-0.3, -0.25) is 0 Å². The molecule has 21 heavy (non-hydrogen) atoms. The summed E-state index contributed by atoms with van der Waals surface area (Å²) in [7, 11) is -2.15. The Hall–Kier alpha value is -1.15. The maximum atomic E-state index is 12.7. The number of aromatic nitrogens is 1. The topological polar surface area (TPSA) is 59.5 Å². The van der Waals surface area contributed by atoms with Crippen molar-refractivity contribution in [3.05, 3.63) is 39.3 Å². The first-order chi connectivity index (χ1) is 9.98. The molecule has 1 aliphatic heterocycles. The second-order valence-corrected chi connectivity index (χ2v) is 8.11. The quantitative estimate of drug-likeness (QED) is 0.855. The molecule has 0 saturated carbocycles. The van der Waals surface area contributed by atoms with Gasteiger partial charge in [0.2, 0.25) is 10.0 Å². The van der Waals surface area contributed by atoms with Gasteiger partial charge in [0, 0.05) is 35.6 Å². The first-order valence-electron chi connectivity index (χ1n) is 6.28. The summed E-state index contributed by atoms with van der Waals surface area (Å²) in [5.74, 6) is 0.422. The molecule has 5 nitrogen and oxygen atoms in total. The number of fused-ring (bicyclic) bond motifs is 1. The van der Waals surface area contributed by atoms with E-state index in [1.54, 1.807) is 12.3 Å². The van der Waals surface area contributed by atoms with Crippen LogP contribution in [0.25, 0.3) is 0 Å². The lowest BCUT2D eigenvalue weighted by Crippen LogP contribution is -2.26. The van der Waals surface area contributed by atoms with Crippen LogP contribution in [0.5, 0.6) is 5.75 Å². The van der Waals surface area contributed by atoms with Crippen molar-refractivity contribution in [1.82, 2.24) is 9.29 Å². The first kappa shape index (κ1) is 14.8. The number of nitrogens with zero attached hydrogens (tertiary/aromatic N) is 2. The van der Waals surface area contributed by atoms with Crippen LogP contribution in [-0.4, -0.2) is 31.4 Å². The summed E-state index contributed by atoms with van der Waals surface area (Å²) in [6.45, 7) is 0.704. The Morgan fingerprint density at radius 2 is 2.29 bits per heavy atom. The Labute approximate surface area is 132 Å². The molecule has 112 valence electrons. The van der Waals surface area contributed by atoms with E-state index in [-0.39, 0.29) is 11.4 Å². The molecule has 0 saturated heterocycles. The van der Waals surface area contributed by atoms with Crippen molar-refractivity contribution in [3.63, 3.8) is 0 Å². The third-order valence-corrected chi connectivity index (χ3v) is 6.04. The maximum Gasteiger partial charge on any atom is 0.246 e. The second kappa shape index (κ2) is 5.57. The molecule has 1 aromatic heterocycles. The minimum Gasteiger partial charge on any atom is -0.492 e. The fourth-order valence-corrected chi connectivity index (χ4v) is 4.59. The number of benzene rings is 1. The summed E-state index contributed by atoms with van der Waals surface area (Å²) >= 11 is 7.45. The highest BCUT2D eigenvalue weighted by Gasteiger charge is 2.30. The van der Waals surface area contributed by atoms with Gasteiger partial charge in [0.1, 0.15) is 15.7 Å². The Bertz CT molecular complexity index is 760. The van der Waals surface area contributed by atoms with Gasteiger partial charge in [0.25, 0.3) is 0 Å². The minimum absolute atomic E-state index is 0.126. The van der Waals surface area contributed by atoms with Gasteiger partial charge in [0.05, 0.1) is 13.2 Å². The molecule has 0 fully saturated rings. The second-order valence-electron chi connectivity index (χ2n) is 4.68. The maximum absolute atomic E-state index is 12.7. The van der Waals surface area contributed by atoms with E-state index >= 15 is 0 Å². The molecule has 1 aliphatic rings. The van der Waals surface area contributed by atoms with Gasteiger partial charge < -0.3 is 4.74 Å². The van der Waals surface area contributed by atoms with Crippen LogP contribution in [0, 0.1) is 0 Å².